The molecule has 1 atom stereocenters. The van der Waals surface area contributed by atoms with E-state index in [9.17, 15) is 4.39 Å². The van der Waals surface area contributed by atoms with Gasteiger partial charge in [-0.25, -0.2) is 14.1 Å². The lowest BCUT2D eigenvalue weighted by Gasteiger charge is -2.22. The van der Waals surface area contributed by atoms with Gasteiger partial charge in [0.15, 0.2) is 5.82 Å². The van der Waals surface area contributed by atoms with Gasteiger partial charge in [-0.2, -0.15) is 5.10 Å². The van der Waals surface area contributed by atoms with Crippen molar-refractivity contribution >= 4 is 18.5 Å². The van der Waals surface area contributed by atoms with Crippen LogP contribution in [0.25, 0.3) is 17.3 Å². The third-order valence-corrected chi connectivity index (χ3v) is 5.66. The summed E-state index contributed by atoms with van der Waals surface area (Å²) in [6.45, 7) is 6.77. The van der Waals surface area contributed by atoms with Crippen LogP contribution in [0.5, 0.6) is 0 Å². The molecular formula is C26H28FN5. The Balaban J connectivity index is 1.53. The molecule has 1 aromatic heterocycles. The molecule has 0 bridgehead atoms. The molecule has 164 valence electrons. The second-order valence-electron chi connectivity index (χ2n) is 7.82. The molecular weight excluding hydrogens is 401 g/mol. The highest BCUT2D eigenvalue weighted by Gasteiger charge is 2.25. The van der Waals surface area contributed by atoms with Gasteiger partial charge in [0.25, 0.3) is 0 Å². The fraction of sp³-hybridized carbons (Fsp3) is 0.231. The van der Waals surface area contributed by atoms with Gasteiger partial charge in [-0.1, -0.05) is 43.3 Å². The van der Waals surface area contributed by atoms with Crippen LogP contribution in [0.4, 0.5) is 10.1 Å². The van der Waals surface area contributed by atoms with Gasteiger partial charge in [-0.3, -0.25) is 0 Å². The number of imidazole rings is 1. The van der Waals surface area contributed by atoms with Crippen LogP contribution in [0.15, 0.2) is 77.7 Å². The van der Waals surface area contributed by atoms with Crippen LogP contribution in [0.3, 0.4) is 0 Å². The van der Waals surface area contributed by atoms with E-state index in [1.165, 1.54) is 17.8 Å². The van der Waals surface area contributed by atoms with E-state index in [2.05, 4.69) is 59.0 Å². The summed E-state index contributed by atoms with van der Waals surface area (Å²) < 4.78 is 15.1. The summed E-state index contributed by atoms with van der Waals surface area (Å²) >= 11 is 0. The molecule has 32 heavy (non-hydrogen) atoms. The lowest BCUT2D eigenvalue weighted by molar-refractivity contribution is 0.626. The summed E-state index contributed by atoms with van der Waals surface area (Å²) in [5, 5.41) is 4.15. The highest BCUT2D eigenvalue weighted by atomic mass is 19.1. The molecule has 0 saturated carbocycles. The number of anilines is 1. The van der Waals surface area contributed by atoms with Gasteiger partial charge >= 0.3 is 0 Å². The maximum atomic E-state index is 13.4. The van der Waals surface area contributed by atoms with E-state index in [1.54, 1.807) is 16.9 Å². The van der Waals surface area contributed by atoms with Crippen molar-refractivity contribution in [3.63, 3.8) is 0 Å². The zero-order chi connectivity index (χ0) is 22.5. The van der Waals surface area contributed by atoms with Gasteiger partial charge in [0, 0.05) is 36.3 Å². The van der Waals surface area contributed by atoms with Crippen molar-refractivity contribution in [3.05, 3.63) is 89.8 Å². The van der Waals surface area contributed by atoms with Crippen molar-refractivity contribution in [1.29, 1.82) is 0 Å². The molecule has 1 aliphatic rings. The van der Waals surface area contributed by atoms with E-state index in [1.807, 2.05) is 18.2 Å². The van der Waals surface area contributed by atoms with Crippen LogP contribution in [-0.4, -0.2) is 29.0 Å². The Kier molecular flexibility index (Phi) is 6.61. The number of halogens is 1. The van der Waals surface area contributed by atoms with Gasteiger partial charge in [0.2, 0.25) is 0 Å². The van der Waals surface area contributed by atoms with Crippen molar-refractivity contribution in [1.82, 2.24) is 9.66 Å². The molecule has 1 fully saturated rings. The molecule has 2 aromatic carbocycles. The summed E-state index contributed by atoms with van der Waals surface area (Å²) in [6.07, 6.45) is 10.4. The van der Waals surface area contributed by atoms with Crippen molar-refractivity contribution in [3.8, 4) is 11.3 Å². The maximum Gasteiger partial charge on any atom is 0.153 e. The Labute approximate surface area is 188 Å². The number of aromatic nitrogens is 2. The molecule has 2 N–H and O–H groups in total. The largest absolute Gasteiger partial charge is 0.344 e. The van der Waals surface area contributed by atoms with E-state index in [0.717, 1.165) is 41.9 Å². The molecule has 0 aliphatic carbocycles. The van der Waals surface area contributed by atoms with Crippen molar-refractivity contribution < 1.29 is 4.39 Å². The van der Waals surface area contributed by atoms with Crippen LogP contribution < -0.4 is 10.6 Å². The van der Waals surface area contributed by atoms with Crippen LogP contribution >= 0.6 is 0 Å². The predicted octanol–water partition coefficient (Wildman–Crippen LogP) is 5.24. The quantitative estimate of drug-likeness (QED) is 0.523. The van der Waals surface area contributed by atoms with E-state index in [4.69, 9.17) is 5.73 Å². The standard InChI is InChI=1S/C26H28FN5/c1-3-6-24-23(28)15-16-31(24)22-13-11-20(12-14-22)25-18-30-26(32(25)29-2)10-5-8-19-7-4-9-21(27)17-19/h4-7,9-14,17-18,23H,2-3,8,15-16,28H2,1H3/b10-5-,24-6+. The molecule has 0 spiro atoms. The molecule has 1 aliphatic heterocycles. The highest BCUT2D eigenvalue weighted by molar-refractivity contribution is 5.66. The van der Waals surface area contributed by atoms with Crippen molar-refractivity contribution in [2.75, 3.05) is 11.4 Å². The summed E-state index contributed by atoms with van der Waals surface area (Å²) in [6, 6.07) is 15.0. The second kappa shape index (κ2) is 9.75. The number of nitrogens with two attached hydrogens (primary N) is 1. The summed E-state index contributed by atoms with van der Waals surface area (Å²) in [7, 11) is 0. The normalized spacial score (nSPS) is 17.5. The third-order valence-electron chi connectivity index (χ3n) is 5.66. The van der Waals surface area contributed by atoms with Crippen molar-refractivity contribution in [2.24, 2.45) is 10.8 Å². The Morgan fingerprint density at radius 2 is 2.06 bits per heavy atom. The van der Waals surface area contributed by atoms with Gasteiger partial charge in [-0.05, 0) is 55.2 Å². The molecule has 0 radical (unpaired) electrons. The van der Waals surface area contributed by atoms with Crippen molar-refractivity contribution in [2.45, 2.75) is 32.2 Å². The van der Waals surface area contributed by atoms with Crippen LogP contribution in [0.1, 0.15) is 31.2 Å². The van der Waals surface area contributed by atoms with Gasteiger partial charge < -0.3 is 10.6 Å². The average Bonchev–Trinajstić information content (AvgIpc) is 3.38. The number of benzene rings is 2. The summed E-state index contributed by atoms with van der Waals surface area (Å²) in [5.41, 5.74) is 11.4. The minimum atomic E-state index is -0.232. The average molecular weight is 430 g/mol. The van der Waals surface area contributed by atoms with Gasteiger partial charge in [0.1, 0.15) is 5.82 Å². The minimum Gasteiger partial charge on any atom is -0.344 e. The first-order valence-corrected chi connectivity index (χ1v) is 10.9. The fourth-order valence-electron chi connectivity index (χ4n) is 4.09. The first-order valence-electron chi connectivity index (χ1n) is 10.9. The Bertz CT molecular complexity index is 1140. The smallest absolute Gasteiger partial charge is 0.153 e. The fourth-order valence-corrected chi connectivity index (χ4v) is 4.09. The SMILES string of the molecule is C=Nn1c(-c2ccc(N3CCC(N)/C3=C\CC)cc2)cnc1/C=C\Cc1cccc(F)c1. The van der Waals surface area contributed by atoms with Crippen LogP contribution in [0, 0.1) is 5.82 Å². The third kappa shape index (κ3) is 4.55. The lowest BCUT2D eigenvalue weighted by atomic mass is 10.1. The monoisotopic (exact) mass is 429 g/mol. The van der Waals surface area contributed by atoms with E-state index >= 15 is 0 Å². The molecule has 5 nitrogen and oxygen atoms in total. The van der Waals surface area contributed by atoms with E-state index in [-0.39, 0.29) is 11.9 Å². The first-order chi connectivity index (χ1) is 15.6. The van der Waals surface area contributed by atoms with E-state index in [0.29, 0.717) is 12.2 Å². The second-order valence-corrected chi connectivity index (χ2v) is 7.82. The van der Waals surface area contributed by atoms with Gasteiger partial charge in [-0.15, -0.1) is 0 Å². The molecule has 3 aromatic rings. The Morgan fingerprint density at radius 3 is 2.78 bits per heavy atom. The van der Waals surface area contributed by atoms with Gasteiger partial charge in [0.05, 0.1) is 11.9 Å². The Hall–Kier alpha value is -3.51. The number of nitrogens with zero attached hydrogens (tertiary/aromatic N) is 4. The molecule has 6 heteroatoms. The lowest BCUT2D eigenvalue weighted by Crippen LogP contribution is -2.24. The molecule has 1 unspecified atom stereocenters. The number of rotatable bonds is 7. The number of hydrogen-bond acceptors (Lipinski definition) is 4. The molecule has 1 saturated heterocycles. The molecule has 4 rings (SSSR count). The number of hydrogen-bond donors (Lipinski definition) is 1. The van der Waals surface area contributed by atoms with Crippen LogP contribution in [0.2, 0.25) is 0 Å². The maximum absolute atomic E-state index is 13.4. The molecule has 2 heterocycles. The zero-order valence-corrected chi connectivity index (χ0v) is 18.3. The zero-order valence-electron chi connectivity index (χ0n) is 18.3. The Morgan fingerprint density at radius 1 is 1.25 bits per heavy atom. The first kappa shape index (κ1) is 21.7. The molecule has 0 amide bonds. The minimum absolute atomic E-state index is 0.0998. The van der Waals surface area contributed by atoms with Crippen LogP contribution in [-0.2, 0) is 6.42 Å². The summed E-state index contributed by atoms with van der Waals surface area (Å²) in [4.78, 5) is 6.78. The summed E-state index contributed by atoms with van der Waals surface area (Å²) in [5.74, 6) is 0.443. The predicted molar refractivity (Wildman–Crippen MR) is 130 cm³/mol. The topological polar surface area (TPSA) is 59.4 Å². The van der Waals surface area contributed by atoms with E-state index < -0.39 is 0 Å². The number of allylic oxidation sites excluding steroid dienone is 2. The highest BCUT2D eigenvalue weighted by Crippen LogP contribution is 2.30.